The van der Waals surface area contributed by atoms with Gasteiger partial charge in [-0.3, -0.25) is 9.59 Å². The van der Waals surface area contributed by atoms with Crippen LogP contribution in [0.2, 0.25) is 0 Å². The van der Waals surface area contributed by atoms with E-state index >= 15 is 0 Å². The molecule has 32 heavy (non-hydrogen) atoms. The first-order valence-corrected chi connectivity index (χ1v) is 9.58. The zero-order valence-corrected chi connectivity index (χ0v) is 16.7. The van der Waals surface area contributed by atoms with E-state index in [4.69, 9.17) is 5.73 Å². The molecule has 1 aliphatic heterocycles. The number of nitrogens with zero attached hydrogens (tertiary/aromatic N) is 2. The topological polar surface area (TPSA) is 102 Å². The van der Waals surface area contributed by atoms with Crippen molar-refractivity contribution in [3.63, 3.8) is 0 Å². The van der Waals surface area contributed by atoms with Gasteiger partial charge in [0.05, 0.1) is 11.3 Å². The first kappa shape index (κ1) is 21.2. The van der Waals surface area contributed by atoms with Crippen LogP contribution in [-0.2, 0) is 17.4 Å². The van der Waals surface area contributed by atoms with Gasteiger partial charge in [0.2, 0.25) is 5.91 Å². The number of hydrogen-bond acceptors (Lipinski definition) is 4. The summed E-state index contributed by atoms with van der Waals surface area (Å²) in [6.45, 7) is 3.82. The van der Waals surface area contributed by atoms with Gasteiger partial charge in [-0.15, -0.1) is 0 Å². The molecule has 7 nitrogen and oxygen atoms in total. The lowest BCUT2D eigenvalue weighted by molar-refractivity contribution is -0.137. The van der Waals surface area contributed by atoms with Gasteiger partial charge in [-0.25, -0.2) is 4.68 Å². The van der Waals surface area contributed by atoms with Crippen molar-refractivity contribution >= 4 is 23.3 Å². The van der Waals surface area contributed by atoms with Gasteiger partial charge in [-0.2, -0.15) is 18.3 Å². The maximum absolute atomic E-state index is 13.4. The van der Waals surface area contributed by atoms with Gasteiger partial charge in [0.15, 0.2) is 5.82 Å². The Balaban J connectivity index is 1.77. The van der Waals surface area contributed by atoms with Gasteiger partial charge in [0.1, 0.15) is 0 Å². The zero-order chi connectivity index (χ0) is 23.0. The van der Waals surface area contributed by atoms with E-state index in [-0.39, 0.29) is 23.1 Å². The van der Waals surface area contributed by atoms with Crippen LogP contribution >= 0.6 is 0 Å². The van der Waals surface area contributed by atoms with E-state index in [9.17, 15) is 22.8 Å². The van der Waals surface area contributed by atoms with Crippen LogP contribution in [0.15, 0.2) is 55.3 Å². The minimum Gasteiger partial charge on any atom is -0.382 e. The number of rotatable bonds is 4. The molecule has 4 N–H and O–H groups in total. The molecule has 0 saturated carbocycles. The molecule has 4 rings (SSSR count). The summed E-state index contributed by atoms with van der Waals surface area (Å²) in [5, 5.41) is 9.27. The van der Waals surface area contributed by atoms with E-state index in [0.29, 0.717) is 29.7 Å². The summed E-state index contributed by atoms with van der Waals surface area (Å²) >= 11 is 0. The molecule has 0 atom stereocenters. The average molecular weight is 441 g/mol. The van der Waals surface area contributed by atoms with E-state index in [2.05, 4.69) is 22.3 Å². The smallest absolute Gasteiger partial charge is 0.382 e. The number of anilines is 2. The molecule has 0 unspecified atom stereocenters. The maximum atomic E-state index is 13.4. The van der Waals surface area contributed by atoms with E-state index in [1.807, 2.05) is 6.07 Å². The Kier molecular flexibility index (Phi) is 5.21. The highest BCUT2D eigenvalue weighted by Gasteiger charge is 2.31. The fourth-order valence-electron chi connectivity index (χ4n) is 3.51. The number of benzene rings is 2. The number of alkyl halides is 3. The van der Waals surface area contributed by atoms with Gasteiger partial charge in [0.25, 0.3) is 5.91 Å². The Morgan fingerprint density at radius 1 is 1.22 bits per heavy atom. The highest BCUT2D eigenvalue weighted by molar-refractivity contribution is 5.99. The molecule has 1 aromatic heterocycles. The van der Waals surface area contributed by atoms with Crippen molar-refractivity contribution in [2.45, 2.75) is 12.6 Å². The average Bonchev–Trinajstić information content (AvgIpc) is 3.14. The van der Waals surface area contributed by atoms with Crippen molar-refractivity contribution < 1.29 is 22.8 Å². The van der Waals surface area contributed by atoms with Crippen LogP contribution in [-0.4, -0.2) is 28.1 Å². The van der Waals surface area contributed by atoms with Gasteiger partial charge >= 0.3 is 6.18 Å². The Morgan fingerprint density at radius 3 is 2.72 bits per heavy atom. The van der Waals surface area contributed by atoms with Crippen LogP contribution in [0.5, 0.6) is 0 Å². The third-order valence-corrected chi connectivity index (χ3v) is 5.05. The highest BCUT2D eigenvalue weighted by Crippen LogP contribution is 2.34. The summed E-state index contributed by atoms with van der Waals surface area (Å²) in [6.07, 6.45) is -1.51. The lowest BCUT2D eigenvalue weighted by Gasteiger charge is -2.17. The predicted molar refractivity (Wildman–Crippen MR) is 113 cm³/mol. The number of halogens is 3. The van der Waals surface area contributed by atoms with Crippen molar-refractivity contribution in [2.24, 2.45) is 0 Å². The summed E-state index contributed by atoms with van der Waals surface area (Å²) in [7, 11) is 0. The summed E-state index contributed by atoms with van der Waals surface area (Å²) in [5.74, 6) is -0.687. The number of amides is 2. The number of nitrogen functional groups attached to an aromatic ring is 1. The third-order valence-electron chi connectivity index (χ3n) is 5.05. The normalized spacial score (nSPS) is 13.3. The fourth-order valence-corrected chi connectivity index (χ4v) is 3.51. The van der Waals surface area contributed by atoms with Crippen LogP contribution in [0.3, 0.4) is 0 Å². The van der Waals surface area contributed by atoms with Gasteiger partial charge in [-0.05, 0) is 47.9 Å². The number of nitrogens with two attached hydrogens (primary N) is 1. The van der Waals surface area contributed by atoms with Crippen molar-refractivity contribution in [3.05, 3.63) is 71.9 Å². The molecule has 10 heteroatoms. The van der Waals surface area contributed by atoms with Crippen LogP contribution in [0, 0.1) is 0 Å². The molecule has 0 saturated heterocycles. The summed E-state index contributed by atoms with van der Waals surface area (Å²) in [6, 6.07) is 8.31. The van der Waals surface area contributed by atoms with Crippen molar-refractivity contribution in [1.29, 1.82) is 0 Å². The van der Waals surface area contributed by atoms with Gasteiger partial charge < -0.3 is 16.4 Å². The lowest BCUT2D eigenvalue weighted by Crippen LogP contribution is -2.31. The van der Waals surface area contributed by atoms with Gasteiger partial charge in [0, 0.05) is 29.6 Å². The van der Waals surface area contributed by atoms with E-state index in [1.54, 1.807) is 12.1 Å². The predicted octanol–water partition coefficient (Wildman–Crippen LogP) is 3.55. The van der Waals surface area contributed by atoms with Crippen LogP contribution in [0.25, 0.3) is 16.8 Å². The summed E-state index contributed by atoms with van der Waals surface area (Å²) < 4.78 is 41.4. The standard InChI is InChI=1S/C22H18F3N5O2/c1-2-19(31)28-15-8-14(22(23,24)25)9-16(10-15)30-11-18(20(26)29-30)12-3-4-17-13(7-12)5-6-27-21(17)32/h2-4,7-11H,1,5-6H2,(H2,26,29)(H,27,32)(H,28,31). The number of aromatic nitrogens is 2. The Bertz CT molecular complexity index is 1250. The number of hydrogen-bond donors (Lipinski definition) is 3. The minimum absolute atomic E-state index is 0.0601. The summed E-state index contributed by atoms with van der Waals surface area (Å²) in [4.78, 5) is 23.5. The number of fused-ring (bicyclic) bond motifs is 1. The van der Waals surface area contributed by atoms with Crippen molar-refractivity contribution in [1.82, 2.24) is 15.1 Å². The third kappa shape index (κ3) is 4.07. The van der Waals surface area contributed by atoms with Gasteiger partial charge in [-0.1, -0.05) is 18.7 Å². The molecule has 0 spiro atoms. The van der Waals surface area contributed by atoms with Crippen molar-refractivity contribution in [3.8, 4) is 16.8 Å². The second-order valence-electron chi connectivity index (χ2n) is 7.21. The first-order valence-electron chi connectivity index (χ1n) is 9.58. The monoisotopic (exact) mass is 441 g/mol. The SMILES string of the molecule is C=CC(=O)Nc1cc(-n2cc(-c3ccc4c(c3)CCNC4=O)c(N)n2)cc(C(F)(F)F)c1. The van der Waals surface area contributed by atoms with Crippen LogP contribution < -0.4 is 16.4 Å². The summed E-state index contributed by atoms with van der Waals surface area (Å²) in [5.41, 5.74) is 7.74. The van der Waals surface area contributed by atoms with E-state index in [1.165, 1.54) is 16.9 Å². The second kappa shape index (κ2) is 7.88. The Morgan fingerprint density at radius 2 is 2.00 bits per heavy atom. The molecule has 1 aliphatic rings. The molecular weight excluding hydrogens is 423 g/mol. The Labute approximate surface area is 180 Å². The van der Waals surface area contributed by atoms with Crippen LogP contribution in [0.4, 0.5) is 24.7 Å². The number of carbonyl (C=O) groups is 2. The molecule has 0 radical (unpaired) electrons. The van der Waals surface area contributed by atoms with Crippen molar-refractivity contribution in [2.75, 3.05) is 17.6 Å². The fraction of sp³-hybridized carbons (Fsp3) is 0.136. The second-order valence-corrected chi connectivity index (χ2v) is 7.21. The minimum atomic E-state index is -4.63. The largest absolute Gasteiger partial charge is 0.416 e. The first-order chi connectivity index (χ1) is 15.2. The molecule has 0 bridgehead atoms. The maximum Gasteiger partial charge on any atom is 0.416 e. The molecule has 3 aromatic rings. The van der Waals surface area contributed by atoms with E-state index < -0.39 is 17.6 Å². The molecular formula is C22H18F3N5O2. The molecule has 164 valence electrons. The molecule has 2 heterocycles. The van der Waals surface area contributed by atoms with Crippen LogP contribution in [0.1, 0.15) is 21.5 Å². The molecule has 0 fully saturated rings. The lowest BCUT2D eigenvalue weighted by atomic mass is 9.96. The number of carbonyl (C=O) groups excluding carboxylic acids is 2. The quantitative estimate of drug-likeness (QED) is 0.539. The molecule has 2 amide bonds. The van der Waals surface area contributed by atoms with E-state index in [0.717, 1.165) is 23.8 Å². The highest BCUT2D eigenvalue weighted by atomic mass is 19.4. The molecule has 2 aromatic carbocycles. The number of nitrogens with one attached hydrogen (secondary N) is 2. The molecule has 0 aliphatic carbocycles. The Hall–Kier alpha value is -4.08. The zero-order valence-electron chi connectivity index (χ0n) is 16.7.